The molecule has 0 saturated heterocycles. The molecular weight excluding hydrogens is 206 g/mol. The minimum atomic E-state index is 0.622. The molecule has 1 nitrogen and oxygen atoms in total. The Morgan fingerprint density at radius 1 is 1.00 bits per heavy atom. The average molecular weight is 234 g/mol. The quantitative estimate of drug-likeness (QED) is 0.462. The van der Waals surface area contributed by atoms with Gasteiger partial charge in [-0.05, 0) is 6.42 Å². The summed E-state index contributed by atoms with van der Waals surface area (Å²) in [7, 11) is 0. The number of aromatic nitrogens is 1. The molecule has 0 saturated carbocycles. The van der Waals surface area contributed by atoms with Crippen molar-refractivity contribution in [2.75, 3.05) is 0 Å². The van der Waals surface area contributed by atoms with Gasteiger partial charge in [-0.1, -0.05) is 52.5 Å². The van der Waals surface area contributed by atoms with Gasteiger partial charge in [-0.15, -0.1) is 0 Å². The maximum atomic E-state index is 2.42. The number of hydrogen-bond donors (Lipinski definition) is 0. The molecule has 1 aromatic heterocycles. The summed E-state index contributed by atoms with van der Waals surface area (Å²) in [5.41, 5.74) is 1.46. The van der Waals surface area contributed by atoms with Gasteiger partial charge < -0.3 is 0 Å². The van der Waals surface area contributed by atoms with E-state index >= 15 is 0 Å². The van der Waals surface area contributed by atoms with Crippen molar-refractivity contribution >= 4 is 0 Å². The topological polar surface area (TPSA) is 3.88 Å². The van der Waals surface area contributed by atoms with Crippen LogP contribution in [-0.2, 0) is 6.54 Å². The third kappa shape index (κ3) is 5.34. The van der Waals surface area contributed by atoms with Crippen LogP contribution in [0.15, 0.2) is 24.4 Å². The third-order valence-corrected chi connectivity index (χ3v) is 3.32. The van der Waals surface area contributed by atoms with E-state index in [1.165, 1.54) is 50.8 Å². The lowest BCUT2D eigenvalue weighted by molar-refractivity contribution is -0.705. The van der Waals surface area contributed by atoms with Crippen LogP contribution in [0.4, 0.5) is 0 Å². The molecule has 0 fully saturated rings. The second kappa shape index (κ2) is 8.27. The lowest BCUT2D eigenvalue weighted by Crippen LogP contribution is -2.38. The van der Waals surface area contributed by atoms with Gasteiger partial charge in [0, 0.05) is 24.5 Å². The van der Waals surface area contributed by atoms with E-state index in [-0.39, 0.29) is 0 Å². The van der Waals surface area contributed by atoms with Gasteiger partial charge in [0.25, 0.3) is 0 Å². The highest BCUT2D eigenvalue weighted by Gasteiger charge is 2.12. The maximum absolute atomic E-state index is 2.42. The highest BCUT2D eigenvalue weighted by Crippen LogP contribution is 2.09. The SMILES string of the molecule is CCCCCCCC[n+]1ccccc1C(C)C. The third-order valence-electron chi connectivity index (χ3n) is 3.32. The summed E-state index contributed by atoms with van der Waals surface area (Å²) in [6, 6.07) is 6.54. The Hall–Kier alpha value is -0.850. The van der Waals surface area contributed by atoms with Gasteiger partial charge in [-0.3, -0.25) is 0 Å². The van der Waals surface area contributed by atoms with Crippen LogP contribution in [0.25, 0.3) is 0 Å². The minimum Gasteiger partial charge on any atom is -0.202 e. The van der Waals surface area contributed by atoms with Gasteiger partial charge in [0.1, 0.15) is 6.54 Å². The van der Waals surface area contributed by atoms with Gasteiger partial charge in [0.05, 0.1) is 0 Å². The van der Waals surface area contributed by atoms with Crippen LogP contribution in [0.1, 0.15) is 70.9 Å². The highest BCUT2D eigenvalue weighted by molar-refractivity contribution is 5.01. The van der Waals surface area contributed by atoms with E-state index in [2.05, 4.69) is 49.7 Å². The predicted octanol–water partition coefficient (Wildman–Crippen LogP) is 4.46. The number of pyridine rings is 1. The number of rotatable bonds is 8. The molecule has 1 rings (SSSR count). The first-order chi connectivity index (χ1) is 8.25. The molecule has 0 aromatic carbocycles. The first-order valence-corrected chi connectivity index (χ1v) is 7.24. The van der Waals surface area contributed by atoms with Crippen LogP contribution < -0.4 is 4.57 Å². The molecule has 0 spiro atoms. The van der Waals surface area contributed by atoms with Crippen LogP contribution in [0.3, 0.4) is 0 Å². The molecular formula is C16H28N+. The normalized spacial score (nSPS) is 11.1. The van der Waals surface area contributed by atoms with E-state index in [1.807, 2.05) is 0 Å². The first-order valence-electron chi connectivity index (χ1n) is 7.24. The van der Waals surface area contributed by atoms with E-state index in [9.17, 15) is 0 Å². The first kappa shape index (κ1) is 14.2. The van der Waals surface area contributed by atoms with Gasteiger partial charge in [-0.25, -0.2) is 4.57 Å². The Labute approximate surface area is 107 Å². The molecule has 0 bridgehead atoms. The lowest BCUT2D eigenvalue weighted by Gasteiger charge is -2.06. The van der Waals surface area contributed by atoms with Crippen molar-refractivity contribution in [3.8, 4) is 0 Å². The Morgan fingerprint density at radius 3 is 2.41 bits per heavy atom. The molecule has 1 heterocycles. The summed E-state index contributed by atoms with van der Waals surface area (Å²) in [6.45, 7) is 8.00. The number of unbranched alkanes of at least 4 members (excludes halogenated alkanes) is 5. The minimum absolute atomic E-state index is 0.622. The van der Waals surface area contributed by atoms with E-state index in [4.69, 9.17) is 0 Å². The predicted molar refractivity (Wildman–Crippen MR) is 74.1 cm³/mol. The monoisotopic (exact) mass is 234 g/mol. The Kier molecular flexibility index (Phi) is 6.91. The molecule has 17 heavy (non-hydrogen) atoms. The van der Waals surface area contributed by atoms with Crippen molar-refractivity contribution in [3.63, 3.8) is 0 Å². The molecule has 1 heteroatoms. The lowest BCUT2D eigenvalue weighted by atomic mass is 10.1. The summed E-state index contributed by atoms with van der Waals surface area (Å²) in [5.74, 6) is 0.622. The second-order valence-corrected chi connectivity index (χ2v) is 5.24. The van der Waals surface area contributed by atoms with Crippen molar-refractivity contribution in [1.29, 1.82) is 0 Å². The summed E-state index contributed by atoms with van der Waals surface area (Å²) in [6.07, 6.45) is 10.5. The molecule has 96 valence electrons. The fourth-order valence-corrected chi connectivity index (χ4v) is 2.28. The number of hydrogen-bond acceptors (Lipinski definition) is 0. The van der Waals surface area contributed by atoms with Crippen molar-refractivity contribution in [3.05, 3.63) is 30.1 Å². The van der Waals surface area contributed by atoms with Crippen molar-refractivity contribution in [1.82, 2.24) is 0 Å². The van der Waals surface area contributed by atoms with Gasteiger partial charge >= 0.3 is 0 Å². The zero-order valence-corrected chi connectivity index (χ0v) is 11.8. The van der Waals surface area contributed by atoms with Gasteiger partial charge in [-0.2, -0.15) is 0 Å². The van der Waals surface area contributed by atoms with Gasteiger partial charge in [0.2, 0.25) is 0 Å². The molecule has 0 radical (unpaired) electrons. The van der Waals surface area contributed by atoms with Crippen LogP contribution in [0.2, 0.25) is 0 Å². The summed E-state index contributed by atoms with van der Waals surface area (Å²) < 4.78 is 2.42. The largest absolute Gasteiger partial charge is 0.202 e. The molecule has 0 N–H and O–H groups in total. The Morgan fingerprint density at radius 2 is 1.71 bits per heavy atom. The summed E-state index contributed by atoms with van der Waals surface area (Å²) in [5, 5.41) is 0. The van der Waals surface area contributed by atoms with Crippen LogP contribution >= 0.6 is 0 Å². The number of aryl methyl sites for hydroxylation is 1. The molecule has 0 unspecified atom stereocenters. The van der Waals surface area contributed by atoms with E-state index < -0.39 is 0 Å². The highest BCUT2D eigenvalue weighted by atomic mass is 15.0. The molecule has 0 aliphatic carbocycles. The van der Waals surface area contributed by atoms with Crippen molar-refractivity contribution in [2.24, 2.45) is 0 Å². The molecule has 0 amide bonds. The molecule has 1 aromatic rings. The van der Waals surface area contributed by atoms with Gasteiger partial charge in [0.15, 0.2) is 11.9 Å². The Balaban J connectivity index is 2.31. The smallest absolute Gasteiger partial charge is 0.183 e. The fraction of sp³-hybridized carbons (Fsp3) is 0.688. The van der Waals surface area contributed by atoms with Crippen LogP contribution in [0, 0.1) is 0 Å². The second-order valence-electron chi connectivity index (χ2n) is 5.24. The fourth-order valence-electron chi connectivity index (χ4n) is 2.28. The zero-order valence-electron chi connectivity index (χ0n) is 11.8. The van der Waals surface area contributed by atoms with E-state index in [0.29, 0.717) is 5.92 Å². The maximum Gasteiger partial charge on any atom is 0.183 e. The van der Waals surface area contributed by atoms with E-state index in [1.54, 1.807) is 0 Å². The van der Waals surface area contributed by atoms with E-state index in [0.717, 1.165) is 0 Å². The van der Waals surface area contributed by atoms with Crippen molar-refractivity contribution in [2.45, 2.75) is 71.8 Å². The molecule has 0 aliphatic rings. The van der Waals surface area contributed by atoms with Crippen molar-refractivity contribution < 1.29 is 4.57 Å². The standard InChI is InChI=1S/C16H28N/c1-4-5-6-7-8-10-13-17-14-11-9-12-16(17)15(2)3/h9,11-12,14-15H,4-8,10,13H2,1-3H3/q+1. The zero-order chi connectivity index (χ0) is 12.5. The van der Waals surface area contributed by atoms with Crippen LogP contribution in [-0.4, -0.2) is 0 Å². The summed E-state index contributed by atoms with van der Waals surface area (Å²) >= 11 is 0. The average Bonchev–Trinajstić information content (AvgIpc) is 2.34. The number of nitrogens with zero attached hydrogens (tertiary/aromatic N) is 1. The molecule has 0 atom stereocenters. The molecule has 0 aliphatic heterocycles. The summed E-state index contributed by atoms with van der Waals surface area (Å²) in [4.78, 5) is 0. The van der Waals surface area contributed by atoms with Crippen LogP contribution in [0.5, 0.6) is 0 Å². The Bertz CT molecular complexity index is 304.